The summed E-state index contributed by atoms with van der Waals surface area (Å²) in [7, 11) is 9.68. The molecule has 6 rings (SSSR count). The van der Waals surface area contributed by atoms with Crippen molar-refractivity contribution >= 4 is 76.8 Å². The number of aryl methyl sites for hydroxylation is 2. The first kappa shape index (κ1) is 45.3. The number of ether oxygens (including phenoxy) is 1. The molecule has 7 N–H and O–H groups in total. The van der Waals surface area contributed by atoms with E-state index in [0.29, 0.717) is 40.8 Å². The number of aromatic carboxylic acids is 1. The van der Waals surface area contributed by atoms with Gasteiger partial charge in [0.25, 0.3) is 5.91 Å². The smallest absolute Gasteiger partial charge is 0.356 e. The van der Waals surface area contributed by atoms with Crippen molar-refractivity contribution < 1.29 is 33.5 Å². The number of fused-ring (bicyclic) bond motifs is 1. The minimum Gasteiger partial charge on any atom is -0.477 e. The standard InChI is InChI=1S/C24H21ClN6O.C5H6N2O2.C4H4N2O2.CH4O.Cl2OS/c1-14-5-23(27)30-15(2)20(14)10-29-24(32)21-13-31(12-18(21)8-26)11-16-3-4-22-17(6-16)7-19(25)9-28-22;1-9-5(8)4-2-3-6-7-4;7-4(8)3-1-2-5-6-3;1-2;1-4(2)3/h3-7,9,12-13H,10-11H2,1-2H3,(H2,27,30)(H,29,32);2-3H,1H3,(H,6,7);1-2H,(H,5,6)(H,7,8);2H,1H3;. The van der Waals surface area contributed by atoms with Crippen molar-refractivity contribution in [3.05, 3.63) is 123 Å². The molecule has 1 aromatic carbocycles. The Balaban J connectivity index is 0.000000367. The fourth-order valence-electron chi connectivity index (χ4n) is 4.61. The topological polar surface area (TPSA) is 268 Å². The number of hydrogen-bond acceptors (Lipinski definition) is 12. The van der Waals surface area contributed by atoms with Gasteiger partial charge in [-0.1, -0.05) is 17.7 Å². The number of halogens is 3. The molecule has 0 radical (unpaired) electrons. The second kappa shape index (κ2) is 23.1. The number of rotatable bonds is 7. The van der Waals surface area contributed by atoms with E-state index in [1.165, 1.54) is 25.6 Å². The van der Waals surface area contributed by atoms with Crippen molar-refractivity contribution in [1.29, 1.82) is 5.26 Å². The highest BCUT2D eigenvalue weighted by Crippen LogP contribution is 2.20. The molecule has 5 aromatic heterocycles. The monoisotopic (exact) mass is 832 g/mol. The van der Waals surface area contributed by atoms with Crippen LogP contribution in [-0.2, 0) is 27.1 Å². The number of amides is 1. The summed E-state index contributed by atoms with van der Waals surface area (Å²) in [6, 6.07) is 14.6. The number of nitriles is 1. The van der Waals surface area contributed by atoms with Gasteiger partial charge in [0.15, 0.2) is 0 Å². The van der Waals surface area contributed by atoms with Gasteiger partial charge in [-0.05, 0) is 66.9 Å². The first-order chi connectivity index (χ1) is 26.2. The molecule has 6 aromatic rings. The number of carboxylic acid groups (broad SMARTS) is 1. The average molecular weight is 834 g/mol. The van der Waals surface area contributed by atoms with Gasteiger partial charge >= 0.3 is 11.9 Å². The van der Waals surface area contributed by atoms with E-state index < -0.39 is 21.2 Å². The third kappa shape index (κ3) is 14.8. The molecular formula is C34H35Cl3N10O7S. The highest BCUT2D eigenvalue weighted by molar-refractivity contribution is 8.26. The molecule has 0 spiro atoms. The Morgan fingerprint density at radius 3 is 2.20 bits per heavy atom. The molecule has 5 heterocycles. The SMILES string of the molecule is CO.COC(=O)c1ccn[nH]1.Cc1cc(N)nc(C)c1CNC(=O)c1cn(Cc2ccc3ncc(Cl)cc3c2)cc1C#N.O=C(O)c1ccn[nH]1.O=S(Cl)Cl. The molecule has 290 valence electrons. The van der Waals surface area contributed by atoms with Crippen LogP contribution in [0.25, 0.3) is 10.9 Å². The number of carbonyl (C=O) groups excluding carboxylic acids is 2. The van der Waals surface area contributed by atoms with E-state index in [2.05, 4.69) is 67.9 Å². The second-order valence-electron chi connectivity index (χ2n) is 10.6. The lowest BCUT2D eigenvalue weighted by molar-refractivity contribution is 0.0593. The number of aromatic nitrogens is 7. The Labute approximate surface area is 330 Å². The molecule has 0 bridgehead atoms. The van der Waals surface area contributed by atoms with Gasteiger partial charge in [-0.25, -0.2) is 18.8 Å². The molecular weight excluding hydrogens is 799 g/mol. The predicted octanol–water partition coefficient (Wildman–Crippen LogP) is 5.09. The van der Waals surface area contributed by atoms with Gasteiger partial charge in [0, 0.05) is 83.6 Å². The van der Waals surface area contributed by atoms with E-state index in [9.17, 15) is 19.6 Å². The van der Waals surface area contributed by atoms with Crippen LogP contribution in [0.1, 0.15) is 59.3 Å². The lowest BCUT2D eigenvalue weighted by Gasteiger charge is -2.11. The number of pyridine rings is 2. The maximum absolute atomic E-state index is 12.8. The van der Waals surface area contributed by atoms with Gasteiger partial charge in [0.1, 0.15) is 23.3 Å². The number of H-pyrrole nitrogens is 2. The lowest BCUT2D eigenvalue weighted by Crippen LogP contribution is -2.24. The largest absolute Gasteiger partial charge is 0.477 e. The summed E-state index contributed by atoms with van der Waals surface area (Å²) in [6.45, 7) is 4.59. The Morgan fingerprint density at radius 1 is 1.04 bits per heavy atom. The van der Waals surface area contributed by atoms with E-state index in [1.54, 1.807) is 30.7 Å². The summed E-state index contributed by atoms with van der Waals surface area (Å²) >= 11 is 6.05. The number of aliphatic hydroxyl groups excluding tert-OH is 1. The summed E-state index contributed by atoms with van der Waals surface area (Å²) in [5, 5.41) is 40.9. The van der Waals surface area contributed by atoms with Crippen molar-refractivity contribution in [1.82, 2.24) is 40.2 Å². The van der Waals surface area contributed by atoms with Crippen molar-refractivity contribution in [2.24, 2.45) is 0 Å². The molecule has 1 amide bonds. The van der Waals surface area contributed by atoms with Crippen molar-refractivity contribution in [3.63, 3.8) is 0 Å². The first-order valence-electron chi connectivity index (χ1n) is 15.4. The number of hydrogen-bond donors (Lipinski definition) is 6. The molecule has 0 aliphatic rings. The molecule has 0 saturated carbocycles. The van der Waals surface area contributed by atoms with Crippen LogP contribution in [-0.4, -0.2) is 81.4 Å². The van der Waals surface area contributed by atoms with Crippen LogP contribution in [0.3, 0.4) is 0 Å². The van der Waals surface area contributed by atoms with Gasteiger partial charge in [0.05, 0.1) is 28.8 Å². The summed E-state index contributed by atoms with van der Waals surface area (Å²) in [4.78, 5) is 41.9. The van der Waals surface area contributed by atoms with Crippen molar-refractivity contribution in [3.8, 4) is 6.07 Å². The minimum atomic E-state index is -1.67. The zero-order chi connectivity index (χ0) is 41.1. The lowest BCUT2D eigenvalue weighted by atomic mass is 10.1. The van der Waals surface area contributed by atoms with E-state index in [0.717, 1.165) is 40.4 Å². The zero-order valence-electron chi connectivity index (χ0n) is 29.6. The molecule has 0 unspecified atom stereocenters. The molecule has 0 atom stereocenters. The zero-order valence-corrected chi connectivity index (χ0v) is 32.7. The number of esters is 1. The second-order valence-corrected chi connectivity index (χ2v) is 13.5. The maximum Gasteiger partial charge on any atom is 0.356 e. The third-order valence-corrected chi connectivity index (χ3v) is 7.17. The molecule has 55 heavy (non-hydrogen) atoms. The fourth-order valence-corrected chi connectivity index (χ4v) is 4.77. The molecule has 0 fully saturated rings. The number of methoxy groups -OCH3 is 1. The molecule has 21 heteroatoms. The Hall–Kier alpha value is -5.84. The number of nitrogens with zero attached hydrogens (tertiary/aromatic N) is 6. The van der Waals surface area contributed by atoms with Gasteiger partial charge in [-0.3, -0.25) is 20.0 Å². The minimum absolute atomic E-state index is 0.116. The molecule has 0 aliphatic carbocycles. The predicted molar refractivity (Wildman–Crippen MR) is 208 cm³/mol. The summed E-state index contributed by atoms with van der Waals surface area (Å²) in [5.41, 5.74) is 11.4. The third-order valence-electron chi connectivity index (χ3n) is 6.96. The molecule has 0 saturated heterocycles. The van der Waals surface area contributed by atoms with Crippen molar-refractivity contribution in [2.45, 2.75) is 26.9 Å². The first-order valence-corrected chi connectivity index (χ1v) is 18.5. The van der Waals surface area contributed by atoms with Crippen LogP contribution in [0.4, 0.5) is 5.82 Å². The van der Waals surface area contributed by atoms with Gasteiger partial charge in [0.2, 0.25) is 9.23 Å². The average Bonchev–Trinajstić information content (AvgIpc) is 3.95. The van der Waals surface area contributed by atoms with Crippen LogP contribution < -0.4 is 11.1 Å². The number of benzene rings is 1. The normalized spacial score (nSPS) is 9.82. The van der Waals surface area contributed by atoms with Crippen molar-refractivity contribution in [2.75, 3.05) is 20.0 Å². The summed E-state index contributed by atoms with van der Waals surface area (Å²) in [5.74, 6) is -1.24. The molecule has 17 nitrogen and oxygen atoms in total. The highest BCUT2D eigenvalue weighted by Gasteiger charge is 2.16. The fraction of sp³-hybridized carbons (Fsp3) is 0.176. The van der Waals surface area contributed by atoms with Crippen LogP contribution in [0, 0.1) is 25.2 Å². The summed E-state index contributed by atoms with van der Waals surface area (Å²) < 4.78 is 15.3. The van der Waals surface area contributed by atoms with Gasteiger partial charge in [-0.15, -0.1) is 0 Å². The Kier molecular flexibility index (Phi) is 19.0. The van der Waals surface area contributed by atoms with Crippen LogP contribution in [0.5, 0.6) is 0 Å². The van der Waals surface area contributed by atoms with Crippen LogP contribution in [0.15, 0.2) is 73.4 Å². The quantitative estimate of drug-likeness (QED) is 0.0905. The van der Waals surface area contributed by atoms with Gasteiger partial charge in [-0.2, -0.15) is 15.5 Å². The number of nitrogens with two attached hydrogens (primary N) is 1. The van der Waals surface area contributed by atoms with E-state index in [-0.39, 0.29) is 11.6 Å². The number of nitrogens with one attached hydrogen (secondary N) is 3. The number of aromatic amines is 2. The number of anilines is 1. The number of carboxylic acids is 1. The van der Waals surface area contributed by atoms with Gasteiger partial charge < -0.3 is 30.6 Å². The number of aliphatic hydroxyl groups is 1. The van der Waals surface area contributed by atoms with E-state index in [4.69, 9.17) is 31.8 Å². The van der Waals surface area contributed by atoms with Crippen LogP contribution in [0.2, 0.25) is 5.02 Å². The number of carbonyl (C=O) groups is 3. The Morgan fingerprint density at radius 2 is 1.67 bits per heavy atom. The van der Waals surface area contributed by atoms with E-state index in [1.807, 2.05) is 42.7 Å². The number of nitrogen functional groups attached to an aromatic ring is 1. The van der Waals surface area contributed by atoms with E-state index >= 15 is 0 Å². The highest BCUT2D eigenvalue weighted by atomic mass is 36.0. The summed E-state index contributed by atoms with van der Waals surface area (Å²) in [6.07, 6.45) is 7.87. The molecule has 0 aliphatic heterocycles. The maximum atomic E-state index is 12.8. The van der Waals surface area contributed by atoms with Crippen LogP contribution >= 0.6 is 33.0 Å². The Bertz CT molecular complexity index is 2220.